The van der Waals surface area contributed by atoms with Crippen LogP contribution in [0, 0.1) is 16.0 Å². The second-order valence-corrected chi connectivity index (χ2v) is 5.06. The van der Waals surface area contributed by atoms with Gasteiger partial charge in [0.05, 0.1) is 11.0 Å². The number of benzene rings is 1. The van der Waals surface area contributed by atoms with Gasteiger partial charge in [-0.1, -0.05) is 6.07 Å². The largest absolute Gasteiger partial charge is 0.484 e. The van der Waals surface area contributed by atoms with Crippen LogP contribution in [-0.4, -0.2) is 37.1 Å². The first kappa shape index (κ1) is 15.2. The van der Waals surface area contributed by atoms with Crippen LogP contribution in [0.15, 0.2) is 24.3 Å². The molecule has 0 aromatic heterocycles. The van der Waals surface area contributed by atoms with Gasteiger partial charge in [-0.15, -0.1) is 0 Å². The third kappa shape index (κ3) is 5.03. The fourth-order valence-corrected chi connectivity index (χ4v) is 2.24. The molecule has 1 saturated heterocycles. The van der Waals surface area contributed by atoms with Crippen LogP contribution in [-0.2, 0) is 4.79 Å². The number of hydrogen-bond acceptors (Lipinski definition) is 5. The fraction of sp³-hybridized carbons (Fsp3) is 0.500. The van der Waals surface area contributed by atoms with Gasteiger partial charge in [0.25, 0.3) is 11.6 Å². The number of nitro groups is 1. The van der Waals surface area contributed by atoms with Gasteiger partial charge in [-0.3, -0.25) is 14.9 Å². The van der Waals surface area contributed by atoms with Crippen molar-refractivity contribution in [3.63, 3.8) is 0 Å². The summed E-state index contributed by atoms with van der Waals surface area (Å²) in [6.07, 6.45) is 2.24. The van der Waals surface area contributed by atoms with Crippen molar-refractivity contribution in [3.8, 4) is 5.75 Å². The average Bonchev–Trinajstić information content (AvgIpc) is 2.52. The van der Waals surface area contributed by atoms with Crippen molar-refractivity contribution in [1.29, 1.82) is 0 Å². The summed E-state index contributed by atoms with van der Waals surface area (Å²) < 4.78 is 5.27. The molecular weight excluding hydrogens is 274 g/mol. The van der Waals surface area contributed by atoms with E-state index in [2.05, 4.69) is 10.6 Å². The number of nitrogens with zero attached hydrogens (tertiary/aromatic N) is 1. The second-order valence-electron chi connectivity index (χ2n) is 5.06. The maximum absolute atomic E-state index is 11.7. The Morgan fingerprint density at radius 2 is 2.38 bits per heavy atom. The van der Waals surface area contributed by atoms with Gasteiger partial charge in [-0.2, -0.15) is 0 Å². The molecule has 0 aliphatic carbocycles. The average molecular weight is 293 g/mol. The first-order valence-corrected chi connectivity index (χ1v) is 7.00. The number of nitrogens with one attached hydrogen (secondary N) is 2. The van der Waals surface area contributed by atoms with E-state index in [1.165, 1.54) is 18.2 Å². The molecule has 2 rings (SSSR count). The minimum absolute atomic E-state index is 0.0545. The smallest absolute Gasteiger partial charge is 0.273 e. The lowest BCUT2D eigenvalue weighted by Gasteiger charge is -2.22. The molecule has 1 aliphatic rings. The van der Waals surface area contributed by atoms with Crippen LogP contribution >= 0.6 is 0 Å². The Balaban J connectivity index is 1.73. The van der Waals surface area contributed by atoms with Gasteiger partial charge in [0.1, 0.15) is 5.75 Å². The third-order valence-electron chi connectivity index (χ3n) is 3.39. The molecule has 0 saturated carbocycles. The van der Waals surface area contributed by atoms with Gasteiger partial charge in [0.2, 0.25) is 0 Å². The van der Waals surface area contributed by atoms with Crippen LogP contribution in [0.3, 0.4) is 0 Å². The summed E-state index contributed by atoms with van der Waals surface area (Å²) >= 11 is 0. The van der Waals surface area contributed by atoms with E-state index < -0.39 is 4.92 Å². The first-order chi connectivity index (χ1) is 10.1. The highest BCUT2D eigenvalue weighted by Crippen LogP contribution is 2.18. The predicted molar refractivity (Wildman–Crippen MR) is 77.2 cm³/mol. The summed E-state index contributed by atoms with van der Waals surface area (Å²) in [5.41, 5.74) is -0.0545. The minimum Gasteiger partial charge on any atom is -0.484 e. The molecule has 1 atom stereocenters. The van der Waals surface area contributed by atoms with Crippen LogP contribution in [0.1, 0.15) is 12.8 Å². The van der Waals surface area contributed by atoms with Gasteiger partial charge >= 0.3 is 0 Å². The predicted octanol–water partition coefficient (Wildman–Crippen LogP) is 1.09. The molecule has 114 valence electrons. The Bertz CT molecular complexity index is 501. The molecule has 1 heterocycles. The fourth-order valence-electron chi connectivity index (χ4n) is 2.24. The Hall–Kier alpha value is -2.15. The van der Waals surface area contributed by atoms with Crippen LogP contribution in [0.25, 0.3) is 0 Å². The molecular formula is C14H19N3O4. The van der Waals surface area contributed by atoms with E-state index in [4.69, 9.17) is 4.74 Å². The molecule has 1 amide bonds. The van der Waals surface area contributed by atoms with E-state index in [1.807, 2.05) is 0 Å². The highest BCUT2D eigenvalue weighted by atomic mass is 16.6. The molecule has 0 bridgehead atoms. The molecule has 1 unspecified atom stereocenters. The number of carbonyl (C=O) groups excluding carboxylic acids is 1. The lowest BCUT2D eigenvalue weighted by Crippen LogP contribution is -2.39. The summed E-state index contributed by atoms with van der Waals surface area (Å²) in [7, 11) is 0. The molecule has 7 nitrogen and oxygen atoms in total. The monoisotopic (exact) mass is 293 g/mol. The van der Waals surface area contributed by atoms with Gasteiger partial charge < -0.3 is 15.4 Å². The SMILES string of the molecule is O=C(COc1cccc([N+](=O)[O-])c1)NCC1CCCNC1. The number of nitro benzene ring substituents is 1. The zero-order chi connectivity index (χ0) is 15.1. The maximum Gasteiger partial charge on any atom is 0.273 e. The molecule has 0 spiro atoms. The minimum atomic E-state index is -0.497. The van der Waals surface area contributed by atoms with Crippen molar-refractivity contribution >= 4 is 11.6 Å². The van der Waals surface area contributed by atoms with Crippen molar-refractivity contribution in [2.75, 3.05) is 26.2 Å². The van der Waals surface area contributed by atoms with Crippen molar-refractivity contribution in [3.05, 3.63) is 34.4 Å². The molecule has 1 aliphatic heterocycles. The standard InChI is InChI=1S/C14H19N3O4/c18-14(16-9-11-3-2-6-15-8-11)10-21-13-5-1-4-12(7-13)17(19)20/h1,4-5,7,11,15H,2-3,6,8-10H2,(H,16,18). The molecule has 21 heavy (non-hydrogen) atoms. The summed E-state index contributed by atoms with van der Waals surface area (Å²) in [6, 6.07) is 5.80. The second kappa shape index (κ2) is 7.58. The summed E-state index contributed by atoms with van der Waals surface area (Å²) in [4.78, 5) is 21.8. The van der Waals surface area contributed by atoms with Crippen molar-refractivity contribution in [2.24, 2.45) is 5.92 Å². The number of carbonyl (C=O) groups is 1. The molecule has 1 aromatic carbocycles. The van der Waals surface area contributed by atoms with Gasteiger partial charge in [0, 0.05) is 12.6 Å². The summed E-state index contributed by atoms with van der Waals surface area (Å²) in [5, 5.41) is 16.7. The Kier molecular flexibility index (Phi) is 5.51. The van der Waals surface area contributed by atoms with E-state index in [9.17, 15) is 14.9 Å². The lowest BCUT2D eigenvalue weighted by atomic mass is 10.00. The van der Waals surface area contributed by atoms with Crippen LogP contribution in [0.4, 0.5) is 5.69 Å². The molecule has 1 fully saturated rings. The third-order valence-corrected chi connectivity index (χ3v) is 3.39. The Morgan fingerprint density at radius 1 is 1.52 bits per heavy atom. The number of amides is 1. The van der Waals surface area contributed by atoms with Gasteiger partial charge in [-0.25, -0.2) is 0 Å². The van der Waals surface area contributed by atoms with Crippen molar-refractivity contribution < 1.29 is 14.5 Å². The quantitative estimate of drug-likeness (QED) is 0.605. The van der Waals surface area contributed by atoms with E-state index in [0.29, 0.717) is 18.2 Å². The zero-order valence-electron chi connectivity index (χ0n) is 11.7. The van der Waals surface area contributed by atoms with E-state index >= 15 is 0 Å². The lowest BCUT2D eigenvalue weighted by molar-refractivity contribution is -0.384. The number of ether oxygens (including phenoxy) is 1. The van der Waals surface area contributed by atoms with Gasteiger partial charge in [-0.05, 0) is 37.9 Å². The van der Waals surface area contributed by atoms with Crippen LogP contribution in [0.2, 0.25) is 0 Å². The number of hydrogen-bond donors (Lipinski definition) is 2. The first-order valence-electron chi connectivity index (χ1n) is 7.00. The maximum atomic E-state index is 11.7. The van der Waals surface area contributed by atoms with E-state index in [-0.39, 0.29) is 18.2 Å². The number of rotatable bonds is 6. The van der Waals surface area contributed by atoms with E-state index in [0.717, 1.165) is 25.9 Å². The number of non-ortho nitro benzene ring substituents is 1. The Morgan fingerprint density at radius 3 is 3.10 bits per heavy atom. The highest BCUT2D eigenvalue weighted by molar-refractivity contribution is 5.77. The summed E-state index contributed by atoms with van der Waals surface area (Å²) in [6.45, 7) is 2.46. The van der Waals surface area contributed by atoms with Gasteiger partial charge in [0.15, 0.2) is 6.61 Å². The molecule has 1 aromatic rings. The number of piperidine rings is 1. The van der Waals surface area contributed by atoms with Crippen LogP contribution in [0.5, 0.6) is 5.75 Å². The Labute approximate surface area is 122 Å². The van der Waals surface area contributed by atoms with Crippen molar-refractivity contribution in [1.82, 2.24) is 10.6 Å². The van der Waals surface area contributed by atoms with Crippen molar-refractivity contribution in [2.45, 2.75) is 12.8 Å². The van der Waals surface area contributed by atoms with Crippen LogP contribution < -0.4 is 15.4 Å². The zero-order valence-corrected chi connectivity index (χ0v) is 11.7. The topological polar surface area (TPSA) is 93.5 Å². The summed E-state index contributed by atoms with van der Waals surface area (Å²) in [5.74, 6) is 0.561. The molecule has 2 N–H and O–H groups in total. The van der Waals surface area contributed by atoms with E-state index in [1.54, 1.807) is 6.07 Å². The molecule has 7 heteroatoms. The molecule has 0 radical (unpaired) electrons. The highest BCUT2D eigenvalue weighted by Gasteiger charge is 2.14. The normalized spacial score (nSPS) is 18.0.